The summed E-state index contributed by atoms with van der Waals surface area (Å²) in [4.78, 5) is 38.1. The molecule has 3 aromatic rings. The Balaban J connectivity index is 1.50. The predicted molar refractivity (Wildman–Crippen MR) is 132 cm³/mol. The predicted octanol–water partition coefficient (Wildman–Crippen LogP) is 3.94. The highest BCUT2D eigenvalue weighted by molar-refractivity contribution is 7.09. The minimum absolute atomic E-state index is 0.0523. The number of piperazine rings is 1. The highest BCUT2D eigenvalue weighted by atomic mass is 32.1. The normalized spacial score (nSPS) is 17.5. The first kappa shape index (κ1) is 21.6. The fourth-order valence-electron chi connectivity index (χ4n) is 4.54. The molecule has 1 fully saturated rings. The topological polar surface area (TPSA) is 81.3 Å². The summed E-state index contributed by atoms with van der Waals surface area (Å²) in [6.07, 6.45) is 1.86. The first-order valence-electron chi connectivity index (χ1n) is 11.1. The first-order chi connectivity index (χ1) is 15.8. The van der Waals surface area contributed by atoms with Crippen molar-refractivity contribution in [2.24, 2.45) is 0 Å². The number of aromatic amines is 1. The third-order valence-electron chi connectivity index (χ3n) is 6.49. The third kappa shape index (κ3) is 3.89. The number of benzene rings is 1. The molecule has 33 heavy (non-hydrogen) atoms. The highest BCUT2D eigenvalue weighted by Crippen LogP contribution is 2.37. The molecule has 0 aliphatic carbocycles. The van der Waals surface area contributed by atoms with E-state index < -0.39 is 0 Å². The minimum atomic E-state index is -0.143. The summed E-state index contributed by atoms with van der Waals surface area (Å²) in [5, 5.41) is 5.98. The van der Waals surface area contributed by atoms with E-state index in [1.807, 2.05) is 55.3 Å². The van der Waals surface area contributed by atoms with E-state index in [-0.39, 0.29) is 11.8 Å². The number of thiazole rings is 1. The maximum absolute atomic E-state index is 13.2. The van der Waals surface area contributed by atoms with Gasteiger partial charge in [0.15, 0.2) is 0 Å². The van der Waals surface area contributed by atoms with Gasteiger partial charge in [0.05, 0.1) is 21.8 Å². The van der Waals surface area contributed by atoms with Crippen LogP contribution in [0.3, 0.4) is 0 Å². The van der Waals surface area contributed by atoms with Crippen molar-refractivity contribution < 1.29 is 9.59 Å². The maximum atomic E-state index is 13.2. The zero-order chi connectivity index (χ0) is 23.3. The van der Waals surface area contributed by atoms with Crippen molar-refractivity contribution in [3.05, 3.63) is 56.7 Å². The van der Waals surface area contributed by atoms with Gasteiger partial charge in [0.1, 0.15) is 0 Å². The molecule has 0 atom stereocenters. The number of likely N-dealkylation sites (N-methyl/N-ethyl adjacent to an activating group) is 1. The van der Waals surface area contributed by atoms with Gasteiger partial charge in [-0.25, -0.2) is 4.98 Å². The number of nitrogens with one attached hydrogen (secondary N) is 2. The van der Waals surface area contributed by atoms with Crippen LogP contribution in [0.1, 0.15) is 37.9 Å². The molecule has 4 heterocycles. The Hall–Kier alpha value is -3.23. The molecule has 1 aromatic carbocycles. The summed E-state index contributed by atoms with van der Waals surface area (Å²) < 4.78 is 0. The minimum Gasteiger partial charge on any atom is -0.358 e. The average molecular weight is 462 g/mol. The fraction of sp³-hybridized carbons (Fsp3) is 0.320. The SMILES string of the molecule is Cc1nc(-c2ccc3c(c2)C(=Cc2[nH]c(C)c(C(=O)N4CCN(C)CC4)c2C)C(=O)N3)cs1. The van der Waals surface area contributed by atoms with Crippen LogP contribution < -0.4 is 5.32 Å². The third-order valence-corrected chi connectivity index (χ3v) is 7.26. The average Bonchev–Trinajstić information content (AvgIpc) is 3.44. The van der Waals surface area contributed by atoms with Gasteiger partial charge in [-0.05, 0) is 51.6 Å². The number of hydrogen-bond acceptors (Lipinski definition) is 5. The molecule has 0 unspecified atom stereocenters. The monoisotopic (exact) mass is 461 g/mol. The molecule has 0 bridgehead atoms. The molecular weight excluding hydrogens is 434 g/mol. The van der Waals surface area contributed by atoms with E-state index in [0.717, 1.165) is 70.6 Å². The van der Waals surface area contributed by atoms with Crippen LogP contribution in [0.4, 0.5) is 5.69 Å². The van der Waals surface area contributed by atoms with Crippen LogP contribution in [0.5, 0.6) is 0 Å². The van der Waals surface area contributed by atoms with E-state index in [2.05, 4.69) is 27.2 Å². The van der Waals surface area contributed by atoms with Gasteiger partial charge in [-0.1, -0.05) is 6.07 Å². The molecule has 5 rings (SSSR count). The smallest absolute Gasteiger partial charge is 0.256 e. The zero-order valence-electron chi connectivity index (χ0n) is 19.3. The molecule has 0 spiro atoms. The lowest BCUT2D eigenvalue weighted by molar-refractivity contribution is -0.110. The Morgan fingerprint density at radius 1 is 1.15 bits per heavy atom. The highest BCUT2D eigenvalue weighted by Gasteiger charge is 2.28. The molecule has 7 nitrogen and oxygen atoms in total. The van der Waals surface area contributed by atoms with Crippen molar-refractivity contribution in [1.29, 1.82) is 0 Å². The fourth-order valence-corrected chi connectivity index (χ4v) is 5.16. The second-order valence-electron chi connectivity index (χ2n) is 8.78. The lowest BCUT2D eigenvalue weighted by Crippen LogP contribution is -2.47. The number of carbonyl (C=O) groups excluding carboxylic acids is 2. The van der Waals surface area contributed by atoms with Crippen molar-refractivity contribution >= 4 is 40.5 Å². The number of anilines is 1. The van der Waals surface area contributed by atoms with Crippen molar-refractivity contribution in [3.8, 4) is 11.3 Å². The number of aromatic nitrogens is 2. The maximum Gasteiger partial charge on any atom is 0.256 e. The summed E-state index contributed by atoms with van der Waals surface area (Å²) in [5.41, 5.74) is 7.30. The van der Waals surface area contributed by atoms with Gasteiger partial charge >= 0.3 is 0 Å². The van der Waals surface area contributed by atoms with E-state index in [0.29, 0.717) is 11.1 Å². The van der Waals surface area contributed by atoms with Gasteiger partial charge in [0.2, 0.25) is 0 Å². The molecule has 8 heteroatoms. The number of carbonyl (C=O) groups is 2. The molecule has 1 saturated heterocycles. The number of hydrogen-bond donors (Lipinski definition) is 2. The van der Waals surface area contributed by atoms with Crippen molar-refractivity contribution in [3.63, 3.8) is 0 Å². The summed E-state index contributed by atoms with van der Waals surface area (Å²) in [5.74, 6) is -0.0910. The number of rotatable bonds is 3. The molecule has 2 aliphatic rings. The van der Waals surface area contributed by atoms with Gasteiger partial charge < -0.3 is 20.1 Å². The quantitative estimate of drug-likeness (QED) is 0.579. The molecule has 0 saturated carbocycles. The summed E-state index contributed by atoms with van der Waals surface area (Å²) in [6, 6.07) is 5.91. The number of nitrogens with zero attached hydrogens (tertiary/aromatic N) is 3. The molecule has 0 radical (unpaired) electrons. The van der Waals surface area contributed by atoms with Gasteiger partial charge in [-0.15, -0.1) is 11.3 Å². The number of H-pyrrole nitrogens is 1. The van der Waals surface area contributed by atoms with Crippen molar-refractivity contribution in [2.75, 3.05) is 38.5 Å². The van der Waals surface area contributed by atoms with Gasteiger partial charge in [-0.3, -0.25) is 9.59 Å². The number of aryl methyl sites for hydroxylation is 2. The van der Waals surface area contributed by atoms with Crippen LogP contribution in [-0.4, -0.2) is 64.8 Å². The Morgan fingerprint density at radius 2 is 1.91 bits per heavy atom. The number of amides is 2. The van der Waals surface area contributed by atoms with Crippen LogP contribution in [-0.2, 0) is 4.79 Å². The number of fused-ring (bicyclic) bond motifs is 1. The van der Waals surface area contributed by atoms with Crippen molar-refractivity contribution in [1.82, 2.24) is 19.8 Å². The summed E-state index contributed by atoms with van der Waals surface area (Å²) >= 11 is 1.61. The summed E-state index contributed by atoms with van der Waals surface area (Å²) in [7, 11) is 2.07. The van der Waals surface area contributed by atoms with E-state index >= 15 is 0 Å². The molecule has 2 amide bonds. The first-order valence-corrected chi connectivity index (χ1v) is 12.0. The lowest BCUT2D eigenvalue weighted by Gasteiger charge is -2.32. The van der Waals surface area contributed by atoms with Crippen LogP contribution in [0.15, 0.2) is 23.6 Å². The van der Waals surface area contributed by atoms with E-state index in [1.165, 1.54) is 0 Å². The molecule has 2 N–H and O–H groups in total. The van der Waals surface area contributed by atoms with E-state index in [4.69, 9.17) is 0 Å². The van der Waals surface area contributed by atoms with Gasteiger partial charge in [0.25, 0.3) is 11.8 Å². The molecular formula is C25H27N5O2S. The van der Waals surface area contributed by atoms with E-state index in [1.54, 1.807) is 11.3 Å². The molecule has 2 aliphatic heterocycles. The zero-order valence-corrected chi connectivity index (χ0v) is 20.1. The Kier molecular flexibility index (Phi) is 5.42. The van der Waals surface area contributed by atoms with Crippen LogP contribution >= 0.6 is 11.3 Å². The molecule has 2 aromatic heterocycles. The van der Waals surface area contributed by atoms with Crippen LogP contribution in [0.25, 0.3) is 22.9 Å². The second kappa shape index (κ2) is 8.28. The second-order valence-corrected chi connectivity index (χ2v) is 9.85. The van der Waals surface area contributed by atoms with Gasteiger partial charge in [-0.2, -0.15) is 0 Å². The Morgan fingerprint density at radius 3 is 2.61 bits per heavy atom. The van der Waals surface area contributed by atoms with Crippen molar-refractivity contribution in [2.45, 2.75) is 20.8 Å². The standard InChI is InChI=1S/C25H27N5O2S/c1-14-21(26-15(2)23(14)25(32)30-9-7-29(4)8-10-30)12-19-18-11-17(22-13-33-16(3)27-22)5-6-20(18)28-24(19)31/h5-6,11-13,26H,7-10H2,1-4H3,(H,28,31). The molecule has 170 valence electrons. The van der Waals surface area contributed by atoms with E-state index in [9.17, 15) is 9.59 Å². The Labute approximate surface area is 197 Å². The van der Waals surface area contributed by atoms with Crippen LogP contribution in [0.2, 0.25) is 0 Å². The summed E-state index contributed by atoms with van der Waals surface area (Å²) in [6.45, 7) is 9.06. The van der Waals surface area contributed by atoms with Gasteiger partial charge in [0, 0.05) is 59.8 Å². The Bertz CT molecular complexity index is 1290. The largest absolute Gasteiger partial charge is 0.358 e. The lowest BCUT2D eigenvalue weighted by atomic mass is 10.0. The van der Waals surface area contributed by atoms with Crippen LogP contribution in [0, 0.1) is 20.8 Å².